The first-order valence-electron chi connectivity index (χ1n) is 5.30. The molecular formula is C10H20N4O3. The Labute approximate surface area is 100 Å². The highest BCUT2D eigenvalue weighted by Gasteiger charge is 2.22. The molecule has 0 aromatic heterocycles. The molecule has 2 atom stereocenters. The highest BCUT2D eigenvalue weighted by atomic mass is 16.2. The van der Waals surface area contributed by atoms with Crippen molar-refractivity contribution in [2.24, 2.45) is 17.4 Å². The summed E-state index contributed by atoms with van der Waals surface area (Å²) in [6, 6.07) is -0.950. The Morgan fingerprint density at radius 1 is 1.35 bits per heavy atom. The van der Waals surface area contributed by atoms with Crippen molar-refractivity contribution >= 4 is 17.7 Å². The summed E-state index contributed by atoms with van der Waals surface area (Å²) in [5.41, 5.74) is 10.5. The van der Waals surface area contributed by atoms with Gasteiger partial charge in [0.25, 0.3) is 0 Å². The van der Waals surface area contributed by atoms with Gasteiger partial charge in [0.05, 0.1) is 18.4 Å². The van der Waals surface area contributed by atoms with Crippen LogP contribution in [0.3, 0.4) is 0 Å². The van der Waals surface area contributed by atoms with Gasteiger partial charge < -0.3 is 21.7 Å². The van der Waals surface area contributed by atoms with E-state index < -0.39 is 17.9 Å². The van der Waals surface area contributed by atoms with Crippen LogP contribution < -0.4 is 16.8 Å². The van der Waals surface area contributed by atoms with Crippen molar-refractivity contribution in [1.29, 1.82) is 0 Å². The number of primary amides is 1. The lowest BCUT2D eigenvalue weighted by atomic mass is 10.1. The second kappa shape index (κ2) is 6.85. The van der Waals surface area contributed by atoms with Crippen LogP contribution in [0.5, 0.6) is 0 Å². The Morgan fingerprint density at radius 3 is 2.29 bits per heavy atom. The Balaban J connectivity index is 4.31. The van der Waals surface area contributed by atoms with Crippen molar-refractivity contribution in [2.75, 3.05) is 20.6 Å². The average Bonchev–Trinajstić information content (AvgIpc) is 2.25. The molecule has 0 aliphatic rings. The fourth-order valence-corrected chi connectivity index (χ4v) is 1.42. The van der Waals surface area contributed by atoms with Crippen molar-refractivity contribution in [3.63, 3.8) is 0 Å². The van der Waals surface area contributed by atoms with E-state index in [0.717, 1.165) is 0 Å². The molecule has 17 heavy (non-hydrogen) atoms. The summed E-state index contributed by atoms with van der Waals surface area (Å²) >= 11 is 0. The van der Waals surface area contributed by atoms with E-state index in [-0.39, 0.29) is 24.8 Å². The minimum atomic E-state index is -0.950. The van der Waals surface area contributed by atoms with Crippen LogP contribution >= 0.6 is 0 Å². The van der Waals surface area contributed by atoms with E-state index in [1.807, 2.05) is 0 Å². The maximum absolute atomic E-state index is 11.7. The second-order valence-electron chi connectivity index (χ2n) is 4.01. The molecule has 0 aromatic carbocycles. The van der Waals surface area contributed by atoms with Crippen LogP contribution in [0.4, 0.5) is 0 Å². The summed E-state index contributed by atoms with van der Waals surface area (Å²) in [6.45, 7) is 1.94. The molecule has 0 aromatic rings. The molecule has 0 aliphatic heterocycles. The lowest BCUT2D eigenvalue weighted by molar-refractivity contribution is -0.135. The molecule has 3 amide bonds. The molecule has 0 saturated carbocycles. The number of nitrogens with one attached hydrogen (secondary N) is 1. The van der Waals surface area contributed by atoms with Crippen LogP contribution in [-0.2, 0) is 14.4 Å². The van der Waals surface area contributed by atoms with Gasteiger partial charge in [0.2, 0.25) is 17.7 Å². The maximum atomic E-state index is 11.7. The molecule has 0 saturated heterocycles. The van der Waals surface area contributed by atoms with Crippen molar-refractivity contribution < 1.29 is 14.4 Å². The maximum Gasteiger partial charge on any atom is 0.239 e. The lowest BCUT2D eigenvalue weighted by Crippen LogP contribution is -2.46. The molecule has 98 valence electrons. The number of hydrogen-bond donors (Lipinski definition) is 3. The fraction of sp³-hybridized carbons (Fsp3) is 0.700. The third-order valence-corrected chi connectivity index (χ3v) is 2.36. The lowest BCUT2D eigenvalue weighted by Gasteiger charge is -2.23. The first-order valence-corrected chi connectivity index (χ1v) is 5.30. The largest absolute Gasteiger partial charge is 0.370 e. The Bertz CT molecular complexity index is 306. The molecule has 0 spiro atoms. The SMILES string of the molecule is CNC(=O)C(C)CN(C)C(=O)C(N)CC(N)=O. The number of likely N-dealkylation sites (N-methyl/N-ethyl adjacent to an activating group) is 1. The zero-order valence-corrected chi connectivity index (χ0v) is 10.4. The van der Waals surface area contributed by atoms with Crippen LogP contribution in [0.2, 0.25) is 0 Å². The number of nitrogens with two attached hydrogens (primary N) is 2. The van der Waals surface area contributed by atoms with E-state index in [9.17, 15) is 14.4 Å². The summed E-state index contributed by atoms with van der Waals surface area (Å²) < 4.78 is 0. The van der Waals surface area contributed by atoms with Gasteiger partial charge in [-0.25, -0.2) is 0 Å². The van der Waals surface area contributed by atoms with E-state index in [2.05, 4.69) is 5.32 Å². The molecular weight excluding hydrogens is 224 g/mol. The third-order valence-electron chi connectivity index (χ3n) is 2.36. The van der Waals surface area contributed by atoms with E-state index in [0.29, 0.717) is 0 Å². The number of hydrogen-bond acceptors (Lipinski definition) is 4. The fourth-order valence-electron chi connectivity index (χ4n) is 1.42. The van der Waals surface area contributed by atoms with E-state index in [4.69, 9.17) is 11.5 Å². The molecule has 7 heteroatoms. The van der Waals surface area contributed by atoms with Gasteiger partial charge in [-0.15, -0.1) is 0 Å². The highest BCUT2D eigenvalue weighted by molar-refractivity contribution is 5.88. The van der Waals surface area contributed by atoms with Gasteiger partial charge in [0, 0.05) is 20.6 Å². The summed E-state index contributed by atoms with van der Waals surface area (Å²) in [4.78, 5) is 34.9. The minimum absolute atomic E-state index is 0.159. The van der Waals surface area contributed by atoms with Gasteiger partial charge in [0.15, 0.2) is 0 Å². The number of carbonyl (C=O) groups is 3. The van der Waals surface area contributed by atoms with E-state index >= 15 is 0 Å². The second-order valence-corrected chi connectivity index (χ2v) is 4.01. The van der Waals surface area contributed by atoms with Crippen molar-refractivity contribution in [2.45, 2.75) is 19.4 Å². The topological polar surface area (TPSA) is 119 Å². The van der Waals surface area contributed by atoms with Crippen LogP contribution in [0.15, 0.2) is 0 Å². The molecule has 0 bridgehead atoms. The normalized spacial score (nSPS) is 13.6. The first-order chi connectivity index (χ1) is 7.79. The number of rotatable bonds is 6. The zero-order valence-electron chi connectivity index (χ0n) is 10.4. The summed E-state index contributed by atoms with van der Waals surface area (Å²) in [6.07, 6.45) is -0.197. The number of nitrogens with zero attached hydrogens (tertiary/aromatic N) is 1. The molecule has 0 rings (SSSR count). The Kier molecular flexibility index (Phi) is 6.19. The molecule has 5 N–H and O–H groups in total. The predicted octanol–water partition coefficient (Wildman–Crippen LogP) is -1.97. The molecule has 0 heterocycles. The molecule has 0 fully saturated rings. The van der Waals surface area contributed by atoms with E-state index in [1.165, 1.54) is 19.0 Å². The van der Waals surface area contributed by atoms with Gasteiger partial charge in [-0.05, 0) is 0 Å². The van der Waals surface area contributed by atoms with Gasteiger partial charge in [0.1, 0.15) is 0 Å². The summed E-state index contributed by atoms with van der Waals surface area (Å²) in [7, 11) is 3.06. The smallest absolute Gasteiger partial charge is 0.239 e. The van der Waals surface area contributed by atoms with Gasteiger partial charge in [-0.3, -0.25) is 14.4 Å². The summed E-state index contributed by atoms with van der Waals surface area (Å²) in [5, 5.41) is 2.49. The molecule has 0 radical (unpaired) electrons. The van der Waals surface area contributed by atoms with Crippen LogP contribution in [-0.4, -0.2) is 49.3 Å². The van der Waals surface area contributed by atoms with Crippen molar-refractivity contribution in [3.05, 3.63) is 0 Å². The van der Waals surface area contributed by atoms with Crippen LogP contribution in [0.1, 0.15) is 13.3 Å². The molecule has 2 unspecified atom stereocenters. The van der Waals surface area contributed by atoms with Crippen molar-refractivity contribution in [1.82, 2.24) is 10.2 Å². The highest BCUT2D eigenvalue weighted by Crippen LogP contribution is 2.01. The molecule has 0 aliphatic carbocycles. The number of amides is 3. The van der Waals surface area contributed by atoms with Gasteiger partial charge >= 0.3 is 0 Å². The van der Waals surface area contributed by atoms with Crippen LogP contribution in [0, 0.1) is 5.92 Å². The first kappa shape index (κ1) is 15.4. The monoisotopic (exact) mass is 244 g/mol. The van der Waals surface area contributed by atoms with Crippen molar-refractivity contribution in [3.8, 4) is 0 Å². The Hall–Kier alpha value is -1.63. The van der Waals surface area contributed by atoms with Gasteiger partial charge in [-0.1, -0.05) is 6.92 Å². The minimum Gasteiger partial charge on any atom is -0.370 e. The van der Waals surface area contributed by atoms with E-state index in [1.54, 1.807) is 6.92 Å². The Morgan fingerprint density at radius 2 is 1.88 bits per heavy atom. The van der Waals surface area contributed by atoms with Gasteiger partial charge in [-0.2, -0.15) is 0 Å². The summed E-state index contributed by atoms with van der Waals surface area (Å²) in [5.74, 6) is -1.53. The standard InChI is InChI=1S/C10H20N4O3/c1-6(9(16)13-2)5-14(3)10(17)7(11)4-8(12)15/h6-7H,4-5,11H2,1-3H3,(H2,12,15)(H,13,16). The quantitative estimate of drug-likeness (QED) is 0.502. The molecule has 7 nitrogen and oxygen atoms in total. The average molecular weight is 244 g/mol. The van der Waals surface area contributed by atoms with Crippen LogP contribution in [0.25, 0.3) is 0 Å². The zero-order chi connectivity index (χ0) is 13.6. The third kappa shape index (κ3) is 5.30. The predicted molar refractivity (Wildman–Crippen MR) is 62.7 cm³/mol. The number of carbonyl (C=O) groups excluding carboxylic acids is 3.